The Hall–Kier alpha value is -7.62. The Morgan fingerprint density at radius 1 is 0.383 bits per heavy atom. The first-order valence-corrected chi connectivity index (χ1v) is 20.7. The largest absolute Gasteiger partial charge is 0.456 e. The highest BCUT2D eigenvalue weighted by Gasteiger charge is 2.36. The zero-order valence-electron chi connectivity index (χ0n) is 33.3. The Morgan fingerprint density at radius 2 is 1.00 bits per heavy atom. The molecule has 3 heteroatoms. The third-order valence-corrected chi connectivity index (χ3v) is 12.7. The van der Waals surface area contributed by atoms with Gasteiger partial charge in [-0.25, -0.2) is 0 Å². The summed E-state index contributed by atoms with van der Waals surface area (Å²) in [5, 5.41) is 4.17. The monoisotopic (exact) mass is 769 g/mol. The van der Waals surface area contributed by atoms with Gasteiger partial charge in [-0.15, -0.1) is 0 Å². The lowest BCUT2D eigenvalue weighted by molar-refractivity contribution is 0.660. The summed E-state index contributed by atoms with van der Waals surface area (Å²) in [4.78, 5) is 2.38. The molecular weight excluding hydrogens is 731 g/mol. The molecule has 0 fully saturated rings. The van der Waals surface area contributed by atoms with Gasteiger partial charge in [-0.05, 0) is 92.5 Å². The van der Waals surface area contributed by atoms with Gasteiger partial charge in [-0.3, -0.25) is 0 Å². The maximum atomic E-state index is 7.35. The van der Waals surface area contributed by atoms with Crippen molar-refractivity contribution < 1.29 is 8.83 Å². The van der Waals surface area contributed by atoms with Crippen molar-refractivity contribution in [1.29, 1.82) is 0 Å². The van der Waals surface area contributed by atoms with Crippen molar-refractivity contribution in [2.45, 2.75) is 19.3 Å². The zero-order chi connectivity index (χ0) is 40.0. The minimum Gasteiger partial charge on any atom is -0.456 e. The number of fused-ring (bicyclic) bond motifs is 9. The molecule has 1 aliphatic carbocycles. The smallest absolute Gasteiger partial charge is 0.159 e. The first kappa shape index (κ1) is 34.4. The van der Waals surface area contributed by atoms with E-state index in [0.717, 1.165) is 77.6 Å². The van der Waals surface area contributed by atoms with Gasteiger partial charge in [0, 0.05) is 43.9 Å². The topological polar surface area (TPSA) is 29.5 Å². The van der Waals surface area contributed by atoms with E-state index in [1.54, 1.807) is 0 Å². The van der Waals surface area contributed by atoms with Crippen LogP contribution in [0, 0.1) is 0 Å². The van der Waals surface area contributed by atoms with Gasteiger partial charge in [0.2, 0.25) is 0 Å². The van der Waals surface area contributed by atoms with Gasteiger partial charge in [-0.2, -0.15) is 0 Å². The van der Waals surface area contributed by atoms with E-state index >= 15 is 0 Å². The van der Waals surface area contributed by atoms with Crippen LogP contribution in [0.1, 0.15) is 25.0 Å². The predicted octanol–water partition coefficient (Wildman–Crippen LogP) is 16.3. The van der Waals surface area contributed by atoms with Crippen molar-refractivity contribution >= 4 is 60.9 Å². The van der Waals surface area contributed by atoms with Crippen LogP contribution in [-0.2, 0) is 5.41 Å². The van der Waals surface area contributed by atoms with Crippen LogP contribution >= 0.6 is 0 Å². The van der Waals surface area contributed by atoms with Gasteiger partial charge in [0.25, 0.3) is 0 Å². The molecule has 11 aromatic rings. The summed E-state index contributed by atoms with van der Waals surface area (Å²) in [5.41, 5.74) is 18.3. The van der Waals surface area contributed by atoms with E-state index in [-0.39, 0.29) is 5.41 Å². The summed E-state index contributed by atoms with van der Waals surface area (Å²) < 4.78 is 14.0. The van der Waals surface area contributed by atoms with Crippen LogP contribution in [0.3, 0.4) is 0 Å². The molecule has 9 aromatic carbocycles. The average molecular weight is 770 g/mol. The number of nitrogens with zero attached hydrogens (tertiary/aromatic N) is 1. The lowest BCUT2D eigenvalue weighted by Gasteiger charge is -2.28. The summed E-state index contributed by atoms with van der Waals surface area (Å²) in [6, 6.07) is 71.7. The number of furan rings is 2. The standard InChI is InChI=1S/C57H39NO2/c1-57(2)48-24-11-9-21-43(48)44-32-31-42(34-49(44)57)58(41-20-13-19-40(33-41)37-17-7-4-8-18-37)50-25-14-23-45-47-35-52-54(46-22-10-12-26-51(46)59-52)53(56(47)60-55(45)50)39-29-27-38(28-30-39)36-15-5-3-6-16-36/h3-35H,1-2H3. The molecule has 284 valence electrons. The molecule has 3 nitrogen and oxygen atoms in total. The Bertz CT molecular complexity index is 3450. The van der Waals surface area contributed by atoms with Crippen molar-refractivity contribution in [3.63, 3.8) is 0 Å². The van der Waals surface area contributed by atoms with Gasteiger partial charge >= 0.3 is 0 Å². The molecular formula is C57H39NO2. The second kappa shape index (κ2) is 13.2. The van der Waals surface area contributed by atoms with Crippen molar-refractivity contribution in [2.75, 3.05) is 4.90 Å². The molecule has 0 radical (unpaired) electrons. The minimum atomic E-state index is -0.160. The zero-order valence-corrected chi connectivity index (χ0v) is 33.3. The minimum absolute atomic E-state index is 0.160. The Kier molecular flexibility index (Phi) is 7.58. The molecule has 0 saturated carbocycles. The molecule has 0 amide bonds. The molecule has 2 aromatic heterocycles. The van der Waals surface area contributed by atoms with Gasteiger partial charge in [0.1, 0.15) is 16.7 Å². The summed E-state index contributed by atoms with van der Waals surface area (Å²) in [6.07, 6.45) is 0. The van der Waals surface area contributed by atoms with Crippen molar-refractivity contribution in [2.24, 2.45) is 0 Å². The lowest BCUT2D eigenvalue weighted by atomic mass is 9.82. The van der Waals surface area contributed by atoms with Crippen LogP contribution < -0.4 is 4.90 Å². The maximum absolute atomic E-state index is 7.35. The number of para-hydroxylation sites is 2. The van der Waals surface area contributed by atoms with Crippen LogP contribution in [0.5, 0.6) is 0 Å². The van der Waals surface area contributed by atoms with Crippen LogP contribution in [0.25, 0.3) is 88.4 Å². The predicted molar refractivity (Wildman–Crippen MR) is 250 cm³/mol. The Balaban J connectivity index is 1.12. The highest BCUT2D eigenvalue weighted by atomic mass is 16.3. The summed E-state index contributed by atoms with van der Waals surface area (Å²) in [6.45, 7) is 4.68. The van der Waals surface area contributed by atoms with Gasteiger partial charge in [0.15, 0.2) is 5.58 Å². The highest BCUT2D eigenvalue weighted by Crippen LogP contribution is 2.52. The molecule has 60 heavy (non-hydrogen) atoms. The molecule has 0 spiro atoms. The molecule has 12 rings (SSSR count). The highest BCUT2D eigenvalue weighted by molar-refractivity contribution is 6.24. The van der Waals surface area contributed by atoms with Crippen molar-refractivity contribution in [1.82, 2.24) is 0 Å². The summed E-state index contributed by atoms with van der Waals surface area (Å²) >= 11 is 0. The third-order valence-electron chi connectivity index (χ3n) is 12.7. The average Bonchev–Trinajstić information content (AvgIpc) is 3.94. The number of rotatable bonds is 6. The number of anilines is 3. The second-order valence-electron chi connectivity index (χ2n) is 16.5. The van der Waals surface area contributed by atoms with Crippen molar-refractivity contribution in [3.05, 3.63) is 211 Å². The lowest BCUT2D eigenvalue weighted by Crippen LogP contribution is -2.16. The van der Waals surface area contributed by atoms with E-state index in [0.29, 0.717) is 0 Å². The molecule has 0 N–H and O–H groups in total. The maximum Gasteiger partial charge on any atom is 0.159 e. The summed E-state index contributed by atoms with van der Waals surface area (Å²) in [7, 11) is 0. The first-order valence-electron chi connectivity index (χ1n) is 20.7. The Labute approximate surface area is 348 Å². The normalized spacial score (nSPS) is 13.0. The second-order valence-corrected chi connectivity index (χ2v) is 16.5. The van der Waals surface area contributed by atoms with Gasteiger partial charge < -0.3 is 13.7 Å². The van der Waals surface area contributed by atoms with E-state index < -0.39 is 0 Å². The van der Waals surface area contributed by atoms with Gasteiger partial charge in [-0.1, -0.05) is 172 Å². The Morgan fingerprint density at radius 3 is 1.82 bits per heavy atom. The molecule has 0 saturated heterocycles. The van der Waals surface area contributed by atoms with Crippen LogP contribution in [0.2, 0.25) is 0 Å². The molecule has 0 atom stereocenters. The molecule has 0 bridgehead atoms. The van der Waals surface area contributed by atoms with Gasteiger partial charge in [0.05, 0.1) is 5.69 Å². The molecule has 0 unspecified atom stereocenters. The van der Waals surface area contributed by atoms with Crippen LogP contribution in [0.4, 0.5) is 17.1 Å². The van der Waals surface area contributed by atoms with Crippen LogP contribution in [-0.4, -0.2) is 0 Å². The fourth-order valence-corrected chi connectivity index (χ4v) is 9.75. The number of hydrogen-bond donors (Lipinski definition) is 0. The molecule has 2 heterocycles. The van der Waals surface area contributed by atoms with E-state index in [4.69, 9.17) is 8.83 Å². The first-order chi connectivity index (χ1) is 29.5. The molecule has 1 aliphatic rings. The van der Waals surface area contributed by atoms with Crippen LogP contribution in [0.15, 0.2) is 209 Å². The number of benzene rings is 9. The SMILES string of the molecule is CC1(C)c2ccccc2-c2ccc(N(c3cccc(-c4ccccc4)c3)c3cccc4c3oc3c(-c5ccc(-c6ccccc6)cc5)c5c(cc34)oc3ccccc35)cc21. The third kappa shape index (κ3) is 5.22. The van der Waals surface area contributed by atoms with E-state index in [1.165, 1.54) is 38.9 Å². The number of hydrogen-bond acceptors (Lipinski definition) is 3. The van der Waals surface area contributed by atoms with Crippen molar-refractivity contribution in [3.8, 4) is 44.5 Å². The fourth-order valence-electron chi connectivity index (χ4n) is 9.75. The quantitative estimate of drug-likeness (QED) is 0.169. The van der Waals surface area contributed by atoms with E-state index in [2.05, 4.69) is 207 Å². The van der Waals surface area contributed by atoms with E-state index in [1.807, 2.05) is 12.1 Å². The fraction of sp³-hybridized carbons (Fsp3) is 0.0526. The summed E-state index contributed by atoms with van der Waals surface area (Å²) in [5.74, 6) is 0. The molecule has 0 aliphatic heterocycles. The van der Waals surface area contributed by atoms with E-state index in [9.17, 15) is 0 Å².